The van der Waals surface area contributed by atoms with Gasteiger partial charge in [0.05, 0.1) is 4.92 Å². The Labute approximate surface area is 167 Å². The Hall–Kier alpha value is -3.69. The van der Waals surface area contributed by atoms with Gasteiger partial charge in [0, 0.05) is 37.4 Å². The third kappa shape index (κ3) is 4.60. The maximum Gasteiger partial charge on any atom is 0.274 e. The first-order valence-corrected chi connectivity index (χ1v) is 9.17. The van der Waals surface area contributed by atoms with Crippen LogP contribution in [0, 0.1) is 10.1 Å². The van der Waals surface area contributed by atoms with Gasteiger partial charge < -0.3 is 21.7 Å². The number of piperidine rings is 1. The minimum atomic E-state index is -0.556. The molecule has 0 bridgehead atoms. The molecule has 1 amide bonds. The molecule has 0 atom stereocenters. The molecule has 0 saturated carbocycles. The molecule has 1 aromatic heterocycles. The Morgan fingerprint density at radius 3 is 2.52 bits per heavy atom. The molecular weight excluding hydrogens is 374 g/mol. The zero-order valence-electron chi connectivity index (χ0n) is 15.8. The van der Waals surface area contributed by atoms with Gasteiger partial charge >= 0.3 is 0 Å². The summed E-state index contributed by atoms with van der Waals surface area (Å²) >= 11 is 0. The quantitative estimate of drug-likeness (QED) is 0.479. The molecule has 10 nitrogen and oxygen atoms in total. The summed E-state index contributed by atoms with van der Waals surface area (Å²) in [4.78, 5) is 32.4. The summed E-state index contributed by atoms with van der Waals surface area (Å²) in [5.74, 6) is -0.180. The topological polar surface area (TPSA) is 153 Å². The Kier molecular flexibility index (Phi) is 5.91. The van der Waals surface area contributed by atoms with Crippen LogP contribution in [0.2, 0.25) is 0 Å². The lowest BCUT2D eigenvalue weighted by Gasteiger charge is -2.42. The number of amides is 1. The van der Waals surface area contributed by atoms with Crippen molar-refractivity contribution in [1.29, 1.82) is 0 Å². The first kappa shape index (κ1) is 20.1. The second-order valence-electron chi connectivity index (χ2n) is 6.95. The molecule has 0 spiro atoms. The number of nitrogens with zero attached hydrogens (tertiary/aromatic N) is 4. The number of nitro groups is 1. The second kappa shape index (κ2) is 8.55. The smallest absolute Gasteiger partial charge is 0.274 e. The van der Waals surface area contributed by atoms with Gasteiger partial charge in [-0.3, -0.25) is 14.9 Å². The van der Waals surface area contributed by atoms with Gasteiger partial charge in [-0.25, -0.2) is 9.97 Å². The van der Waals surface area contributed by atoms with Crippen LogP contribution >= 0.6 is 0 Å². The molecule has 0 radical (unpaired) electrons. The number of benzene rings is 1. The lowest BCUT2D eigenvalue weighted by molar-refractivity contribution is -0.404. The summed E-state index contributed by atoms with van der Waals surface area (Å²) in [6, 6.07) is 9.88. The Bertz CT molecular complexity index is 909. The van der Waals surface area contributed by atoms with Gasteiger partial charge in [-0.15, -0.1) is 0 Å². The molecule has 1 aliphatic rings. The van der Waals surface area contributed by atoms with Gasteiger partial charge in [0.2, 0.25) is 0 Å². The molecule has 2 heterocycles. The number of likely N-dealkylation sites (tertiary alicyclic amines) is 1. The second-order valence-corrected chi connectivity index (χ2v) is 6.95. The summed E-state index contributed by atoms with van der Waals surface area (Å²) in [7, 11) is 0. The van der Waals surface area contributed by atoms with Gasteiger partial charge in [0.25, 0.3) is 12.1 Å². The summed E-state index contributed by atoms with van der Waals surface area (Å²) in [5.41, 5.74) is 12.4. The van der Waals surface area contributed by atoms with Gasteiger partial charge in [-0.05, 0) is 18.4 Å². The average Bonchev–Trinajstić information content (AvgIpc) is 2.73. The highest BCUT2D eigenvalue weighted by molar-refractivity contribution is 5.96. The van der Waals surface area contributed by atoms with Crippen LogP contribution in [0.1, 0.15) is 28.9 Å². The zero-order chi connectivity index (χ0) is 20.9. The summed E-state index contributed by atoms with van der Waals surface area (Å²) in [6.07, 6.45) is 4.99. The first-order chi connectivity index (χ1) is 13.9. The van der Waals surface area contributed by atoms with E-state index in [2.05, 4.69) is 15.3 Å². The van der Waals surface area contributed by atoms with Crippen molar-refractivity contribution in [2.24, 2.45) is 5.73 Å². The summed E-state index contributed by atoms with van der Waals surface area (Å²) in [5, 5.41) is 13.6. The largest absolute Gasteiger partial charge is 0.382 e. The fraction of sp³-hybridized carbons (Fsp3) is 0.316. The number of nitrogens with two attached hydrogens (primary N) is 2. The van der Waals surface area contributed by atoms with Crippen molar-refractivity contribution in [3.63, 3.8) is 0 Å². The number of aromatic nitrogens is 2. The van der Waals surface area contributed by atoms with E-state index < -0.39 is 4.92 Å². The number of carbonyl (C=O) groups excluding carboxylic acids is 1. The molecule has 2 aromatic rings. The van der Waals surface area contributed by atoms with Crippen LogP contribution in [0.4, 0.5) is 5.82 Å². The molecule has 0 unspecified atom stereocenters. The molecule has 152 valence electrons. The van der Waals surface area contributed by atoms with E-state index in [9.17, 15) is 14.9 Å². The van der Waals surface area contributed by atoms with Gasteiger partial charge in [-0.2, -0.15) is 0 Å². The SMILES string of the molecule is N/C(=C\[N+](=O)[O-])N1CCC(CNC(=O)c2nccnc2N)(c2ccccc2)CC1. The van der Waals surface area contributed by atoms with E-state index in [1.807, 2.05) is 30.3 Å². The minimum Gasteiger partial charge on any atom is -0.382 e. The maximum absolute atomic E-state index is 12.6. The summed E-state index contributed by atoms with van der Waals surface area (Å²) < 4.78 is 0. The molecule has 5 N–H and O–H groups in total. The molecule has 3 rings (SSSR count). The monoisotopic (exact) mass is 397 g/mol. The maximum atomic E-state index is 12.6. The lowest BCUT2D eigenvalue weighted by Crippen LogP contribution is -2.49. The average molecular weight is 397 g/mol. The van der Waals surface area contributed by atoms with E-state index in [-0.39, 0.29) is 28.7 Å². The van der Waals surface area contributed by atoms with Crippen molar-refractivity contribution in [2.75, 3.05) is 25.4 Å². The van der Waals surface area contributed by atoms with Crippen LogP contribution in [-0.4, -0.2) is 45.3 Å². The van der Waals surface area contributed by atoms with E-state index in [4.69, 9.17) is 11.5 Å². The van der Waals surface area contributed by atoms with Crippen LogP contribution in [0.15, 0.2) is 54.7 Å². The van der Waals surface area contributed by atoms with Crippen LogP contribution in [0.25, 0.3) is 0 Å². The van der Waals surface area contributed by atoms with Crippen molar-refractivity contribution < 1.29 is 9.72 Å². The molecule has 1 saturated heterocycles. The highest BCUT2D eigenvalue weighted by atomic mass is 16.6. The van der Waals surface area contributed by atoms with Crippen LogP contribution in [0.5, 0.6) is 0 Å². The van der Waals surface area contributed by atoms with E-state index in [0.29, 0.717) is 32.5 Å². The first-order valence-electron chi connectivity index (χ1n) is 9.17. The van der Waals surface area contributed by atoms with E-state index in [1.54, 1.807) is 4.90 Å². The van der Waals surface area contributed by atoms with Crippen molar-refractivity contribution in [3.05, 3.63) is 76.1 Å². The van der Waals surface area contributed by atoms with Crippen LogP contribution in [0.3, 0.4) is 0 Å². The van der Waals surface area contributed by atoms with Gasteiger partial charge in [0.15, 0.2) is 17.3 Å². The molecule has 29 heavy (non-hydrogen) atoms. The fourth-order valence-corrected chi connectivity index (χ4v) is 3.60. The molecule has 10 heteroatoms. The van der Waals surface area contributed by atoms with E-state index in [1.165, 1.54) is 12.4 Å². The Morgan fingerprint density at radius 1 is 1.24 bits per heavy atom. The minimum absolute atomic E-state index is 0.0753. The molecular formula is C19H23N7O3. The summed E-state index contributed by atoms with van der Waals surface area (Å²) in [6.45, 7) is 1.45. The molecule has 0 aliphatic carbocycles. The van der Waals surface area contributed by atoms with Gasteiger partial charge in [0.1, 0.15) is 0 Å². The number of rotatable bonds is 6. The molecule has 1 fully saturated rings. The predicted molar refractivity (Wildman–Crippen MR) is 107 cm³/mol. The normalized spacial score (nSPS) is 16.3. The number of anilines is 1. The number of nitrogen functional groups attached to an aromatic ring is 1. The Balaban J connectivity index is 1.77. The number of hydrogen-bond donors (Lipinski definition) is 3. The highest BCUT2D eigenvalue weighted by Gasteiger charge is 2.37. The third-order valence-corrected chi connectivity index (χ3v) is 5.24. The van der Waals surface area contributed by atoms with Crippen LogP contribution in [-0.2, 0) is 5.41 Å². The van der Waals surface area contributed by atoms with Crippen molar-refractivity contribution >= 4 is 11.7 Å². The van der Waals surface area contributed by atoms with E-state index >= 15 is 0 Å². The predicted octanol–water partition coefficient (Wildman–Crippen LogP) is 0.857. The molecule has 1 aliphatic heterocycles. The van der Waals surface area contributed by atoms with Crippen molar-refractivity contribution in [2.45, 2.75) is 18.3 Å². The van der Waals surface area contributed by atoms with Crippen molar-refractivity contribution in [1.82, 2.24) is 20.2 Å². The third-order valence-electron chi connectivity index (χ3n) is 5.24. The fourth-order valence-electron chi connectivity index (χ4n) is 3.60. The van der Waals surface area contributed by atoms with Crippen LogP contribution < -0.4 is 16.8 Å². The van der Waals surface area contributed by atoms with E-state index in [0.717, 1.165) is 11.8 Å². The van der Waals surface area contributed by atoms with Crippen molar-refractivity contribution in [3.8, 4) is 0 Å². The highest BCUT2D eigenvalue weighted by Crippen LogP contribution is 2.35. The zero-order valence-corrected chi connectivity index (χ0v) is 15.8. The number of hydrogen-bond acceptors (Lipinski definition) is 8. The Morgan fingerprint density at radius 2 is 1.90 bits per heavy atom. The van der Waals surface area contributed by atoms with Gasteiger partial charge in [-0.1, -0.05) is 30.3 Å². The number of nitrogens with one attached hydrogen (secondary N) is 1. The number of carbonyl (C=O) groups is 1. The lowest BCUT2D eigenvalue weighted by atomic mass is 9.72. The standard InChI is InChI=1S/C19H23N7O3/c20-15(12-26(28)29)25-10-6-19(7-11-25,14-4-2-1-3-5-14)13-24-18(27)16-17(21)23-9-8-22-16/h1-5,8-9,12H,6-7,10-11,13,20H2,(H2,21,23)(H,24,27)/b15-12+. The molecule has 1 aromatic carbocycles.